The molecule has 16 atom stereocenters. The predicted molar refractivity (Wildman–Crippen MR) is 440 cm³/mol. The number of fused-ring (bicyclic) bond motifs is 3. The number of piperazine rings is 1. The van der Waals surface area contributed by atoms with Gasteiger partial charge in [-0.1, -0.05) is 66.7 Å². The van der Waals surface area contributed by atoms with Crippen molar-refractivity contribution in [1.29, 1.82) is 0 Å². The Morgan fingerprint density at radius 1 is 0.873 bits per heavy atom. The number of rotatable bonds is 14. The second-order valence-corrected chi connectivity index (χ2v) is 33.8. The summed E-state index contributed by atoms with van der Waals surface area (Å²) in [5.74, 6) is -9.13. The molecule has 9 N–H and O–H groups in total. The number of morpholine rings is 1. The first kappa shape index (κ1) is 88.9. The van der Waals surface area contributed by atoms with Gasteiger partial charge in [-0.25, -0.2) is 19.0 Å². The number of halogens is 1. The Balaban J connectivity index is 0.000000220. The first-order chi connectivity index (χ1) is 55.8. The lowest BCUT2D eigenvalue weighted by Gasteiger charge is -2.46. The van der Waals surface area contributed by atoms with Crippen molar-refractivity contribution in [2.75, 3.05) is 120 Å². The number of allylic oxidation sites excluding steroid dienone is 2. The number of aliphatic hydroxyl groups is 4. The van der Waals surface area contributed by atoms with Crippen molar-refractivity contribution >= 4 is 115 Å². The van der Waals surface area contributed by atoms with Crippen molar-refractivity contribution in [3.63, 3.8) is 0 Å². The molecule has 32 nitrogen and oxygen atoms in total. The Bertz CT molecular complexity index is 5020. The van der Waals surface area contributed by atoms with Gasteiger partial charge in [0.2, 0.25) is 28.6 Å². The number of aliphatic carboxylic acids is 1. The number of phenolic OH excluding ortho intramolecular Hbond substituents is 1. The van der Waals surface area contributed by atoms with Crippen molar-refractivity contribution < 1.29 is 101 Å². The molecule has 4 bridgehead atoms. The molecule has 5 aromatic rings. The number of ether oxygens (including phenoxy) is 6. The van der Waals surface area contributed by atoms with Crippen LogP contribution in [0.5, 0.6) is 11.5 Å². The number of amides is 5. The number of thioether (sulfide) groups is 1. The van der Waals surface area contributed by atoms with E-state index in [1.54, 1.807) is 84.0 Å². The Morgan fingerprint density at radius 2 is 1.57 bits per heavy atom. The minimum atomic E-state index is -1.98. The zero-order chi connectivity index (χ0) is 86.1. The highest BCUT2D eigenvalue weighted by atomic mass is 32.2. The smallest absolute Gasteiger partial charge is 0.414 e. The molecule has 0 spiro atoms. The standard InChI is InChI=1S/C51H64N4O13.C17H25N3O5S.C16H20FN3O4/c1-24(2)23-54-16-18-55(19-17-54)32-21-33(57)39-35(22-32)67-48-40(52-39)36-37-44(60)30(8)47-38(36)49(62)51(10,68-47)65-20-15-34(64-11)27(5)46(66-31(9)56)29(7)43(59)28(6)42(58)25(3)13-12-14-26(4)50(63)53-41(48)45(37)61;1-7-12-11(8(2)21)16(23)20(12)13(17(24)25)14(7)26-9-5-10(18-6-9)15(22)19(3)4;1-11(21)18-9-13-10-20(16(22)24-13)12-2-3-15(14(17)8-12)19-4-6-23-7-5-19/h12-15,20-22,24-25,27-29,34,42-43,46,58-60,62H,16-19,23H2,1-11H3,(H,53,63);7-12,18,21H,5-6H2,1-4H3,(H,24,25);2-3,8,13H,4-7,9-10H2,1H3,(H,18,21)/b13-12+,20-15+,26-14-;;/t25-,27+,28+,29+,34-,42-,43+,46+,51-;7-,8-,9+,10+,11-,12-;13-/m010/s1. The highest BCUT2D eigenvalue weighted by Gasteiger charge is 2.60. The van der Waals surface area contributed by atoms with Gasteiger partial charge in [0.05, 0.1) is 97.0 Å². The average Bonchev–Trinajstić information content (AvgIpc) is 1.27. The van der Waals surface area contributed by atoms with Crippen molar-refractivity contribution in [2.24, 2.45) is 41.4 Å². The third-order valence-electron chi connectivity index (χ3n) is 23.3. The second kappa shape index (κ2) is 36.7. The van der Waals surface area contributed by atoms with Crippen LogP contribution in [-0.4, -0.2) is 252 Å². The third kappa shape index (κ3) is 18.3. The molecule has 34 heteroatoms. The number of hydrogen-bond donors (Lipinski definition) is 9. The maximum Gasteiger partial charge on any atom is 0.414 e. The van der Waals surface area contributed by atoms with Gasteiger partial charge in [-0.3, -0.25) is 43.4 Å². The molecule has 118 heavy (non-hydrogen) atoms. The lowest BCUT2D eigenvalue weighted by atomic mass is 9.78. The number of carboxylic acids is 1. The lowest BCUT2D eigenvalue weighted by Crippen LogP contribution is -2.63. The summed E-state index contributed by atoms with van der Waals surface area (Å²) in [6.07, 6.45) is 2.40. The van der Waals surface area contributed by atoms with Gasteiger partial charge in [0.25, 0.3) is 5.91 Å². The van der Waals surface area contributed by atoms with Gasteiger partial charge in [0.15, 0.2) is 22.4 Å². The second-order valence-electron chi connectivity index (χ2n) is 32.4. The lowest BCUT2D eigenvalue weighted by molar-refractivity contribution is -0.163. The van der Waals surface area contributed by atoms with Crippen LogP contribution in [-0.2, 0) is 52.5 Å². The number of nitrogens with zero attached hydrogens (tertiary/aromatic N) is 7. The van der Waals surface area contributed by atoms with E-state index in [1.165, 1.54) is 93.8 Å². The summed E-state index contributed by atoms with van der Waals surface area (Å²) in [6, 6.07) is 7.30. The Labute approximate surface area is 686 Å². The number of benzene rings is 4. The van der Waals surface area contributed by atoms with Crippen LogP contribution >= 0.6 is 11.8 Å². The zero-order valence-corrected chi connectivity index (χ0v) is 70.2. The summed E-state index contributed by atoms with van der Waals surface area (Å²) in [5.41, 5.74) is -0.362. The fourth-order valence-electron chi connectivity index (χ4n) is 16.7. The summed E-state index contributed by atoms with van der Waals surface area (Å²) in [6.45, 7) is 29.2. The van der Waals surface area contributed by atoms with E-state index < -0.39 is 118 Å². The molecule has 1 aromatic heterocycles. The minimum Gasteiger partial charge on any atom is -0.507 e. The van der Waals surface area contributed by atoms with Gasteiger partial charge in [-0.15, -0.1) is 11.8 Å². The van der Waals surface area contributed by atoms with Crippen LogP contribution in [0.2, 0.25) is 0 Å². The number of likely N-dealkylation sites (N-methyl/N-ethyl adjacent to an activating group) is 1. The van der Waals surface area contributed by atoms with E-state index >= 15 is 0 Å². The topological polar surface area (TPSA) is 412 Å². The number of aromatic nitrogens is 1. The van der Waals surface area contributed by atoms with Crippen molar-refractivity contribution in [2.45, 2.75) is 156 Å². The molecule has 4 aromatic carbocycles. The van der Waals surface area contributed by atoms with E-state index in [9.17, 15) is 78.2 Å². The molecular weight excluding hydrogens is 1550 g/mol. The van der Waals surface area contributed by atoms with Crippen LogP contribution in [0.1, 0.15) is 95.1 Å². The fraction of sp³-hybridized carbons (Fsp3) is 0.548. The number of phenols is 1. The number of cyclic esters (lactones) is 1. The molecule has 0 unspecified atom stereocenters. The maximum atomic E-state index is 14.9. The number of carboxylic acid groups (broad SMARTS) is 1. The van der Waals surface area contributed by atoms with Gasteiger partial charge in [0, 0.05) is 168 Å². The Kier molecular flexibility index (Phi) is 27.7. The first-order valence-electron chi connectivity index (χ1n) is 39.8. The molecule has 5 saturated heterocycles. The minimum absolute atomic E-state index is 0.00757. The van der Waals surface area contributed by atoms with Crippen LogP contribution in [0.3, 0.4) is 0 Å². The molecule has 0 aliphatic carbocycles. The van der Waals surface area contributed by atoms with Gasteiger partial charge < -0.3 is 99.0 Å². The van der Waals surface area contributed by atoms with E-state index in [0.717, 1.165) is 19.6 Å². The van der Waals surface area contributed by atoms with Crippen LogP contribution in [0, 0.1) is 54.2 Å². The number of esters is 1. The molecule has 8 aliphatic rings. The number of anilines is 4. The largest absolute Gasteiger partial charge is 0.507 e. The average molecular weight is 1660 g/mol. The van der Waals surface area contributed by atoms with Gasteiger partial charge >= 0.3 is 23.8 Å². The normalized spacial score (nSPS) is 28.9. The van der Waals surface area contributed by atoms with Crippen molar-refractivity contribution in [1.82, 2.24) is 30.3 Å². The summed E-state index contributed by atoms with van der Waals surface area (Å²) in [7, 11) is 4.87. The molecule has 5 fully saturated rings. The van der Waals surface area contributed by atoms with Crippen LogP contribution in [0.4, 0.5) is 31.9 Å². The fourth-order valence-corrected chi connectivity index (χ4v) is 18.2. The highest BCUT2D eigenvalue weighted by molar-refractivity contribution is 8.03. The number of methoxy groups -OCH3 is 1. The number of hydrogen-bond acceptors (Lipinski definition) is 27. The SMILES string of the molecule is CC(=O)NC[C@H]1CN(c2ccc(N3CCOCC3)c(F)c2)C(=O)O1.CO[C@H]1/C=C/O[C@@]2(C)Oc3c(C)c(O)c4c(=O)c(c5oc6cc(N7CCN(CC(C)C)CC7)cc(=O)c6nc5c4c3=C2O)NC(=O)/C(C)=C\C=C\[C@H](C)[C@H](O)[C@@H](C)[C@@H](O)[C@@H](C)[C@H](OC(C)=O)[C@@H]1C.C[C@@H](O)[C@H]1C(=O)N2C(C(=O)O)=C(S[C@@H]3CN[C@H](C(=O)N(C)C)C3)[C@H](C)[C@H]12. The van der Waals surface area contributed by atoms with Crippen molar-refractivity contribution in [3.05, 3.63) is 114 Å². The van der Waals surface area contributed by atoms with E-state index in [1.807, 2.05) is 11.8 Å². The molecular formula is C84H109FN10O22S. The zero-order valence-electron chi connectivity index (χ0n) is 69.3. The summed E-state index contributed by atoms with van der Waals surface area (Å²) in [5, 5.41) is 74.7. The monoisotopic (exact) mass is 1660 g/mol. The quantitative estimate of drug-likeness (QED) is 0.0260. The van der Waals surface area contributed by atoms with Gasteiger partial charge in [0.1, 0.15) is 46.4 Å². The van der Waals surface area contributed by atoms with Gasteiger partial charge in [-0.05, 0) is 57.4 Å². The summed E-state index contributed by atoms with van der Waals surface area (Å²) >= 11 is 1.45. The highest BCUT2D eigenvalue weighted by Crippen LogP contribution is 2.52. The Morgan fingerprint density at radius 3 is 2.19 bits per heavy atom. The van der Waals surface area contributed by atoms with E-state index in [4.69, 9.17) is 37.8 Å². The van der Waals surface area contributed by atoms with Gasteiger partial charge in [-0.2, -0.15) is 0 Å². The molecule has 9 heterocycles. The Hall–Kier alpha value is -9.94. The number of carbonyl (C=O) groups excluding carboxylic acids is 6. The predicted octanol–water partition coefficient (Wildman–Crippen LogP) is 6.15. The van der Waals surface area contributed by atoms with Crippen molar-refractivity contribution in [3.8, 4) is 11.5 Å². The van der Waals surface area contributed by atoms with E-state index in [-0.39, 0.29) is 126 Å². The summed E-state index contributed by atoms with van der Waals surface area (Å²) < 4.78 is 55.5. The maximum absolute atomic E-state index is 14.9. The number of carbonyl (C=O) groups is 7. The summed E-state index contributed by atoms with van der Waals surface area (Å²) in [4.78, 5) is 131. The van der Waals surface area contributed by atoms with Crippen LogP contribution in [0.15, 0.2) is 91.1 Å². The number of nitrogens with one attached hydrogen (secondary N) is 3. The number of aliphatic hydroxyl groups excluding tert-OH is 4. The molecule has 8 aliphatic heterocycles. The molecule has 5 amide bonds. The van der Waals surface area contributed by atoms with Crippen LogP contribution in [0.25, 0.3) is 38.7 Å². The van der Waals surface area contributed by atoms with E-state index in [0.29, 0.717) is 80.2 Å². The molecule has 0 saturated carbocycles. The molecule has 0 radical (unpaired) electrons. The molecule has 640 valence electrons. The van der Waals surface area contributed by atoms with E-state index in [2.05, 4.69) is 39.6 Å². The number of aromatic hydroxyl groups is 1. The number of β-lactam (4-membered cyclic amide) rings is 1. The first-order valence-corrected chi connectivity index (χ1v) is 40.7. The van der Waals surface area contributed by atoms with Crippen LogP contribution < -0.4 is 51.5 Å². The third-order valence-corrected chi connectivity index (χ3v) is 24.8. The molecule has 13 rings (SSSR count).